The maximum absolute atomic E-state index is 12.7. The lowest BCUT2D eigenvalue weighted by molar-refractivity contribution is -0.136. The first-order chi connectivity index (χ1) is 9.13. The highest BCUT2D eigenvalue weighted by atomic mass is 32.2. The minimum absolute atomic E-state index is 0.105. The number of hydrogen-bond donors (Lipinski definition) is 1. The van der Waals surface area contributed by atoms with Gasteiger partial charge in [-0.15, -0.1) is 23.1 Å². The number of carboxylic acid groups (broad SMARTS) is 1. The lowest BCUT2D eigenvalue weighted by Gasteiger charge is -1.98. The summed E-state index contributed by atoms with van der Waals surface area (Å²) in [6, 6.07) is 6.34. The smallest absolute Gasteiger partial charge is 0.303 e. The second-order valence-corrected chi connectivity index (χ2v) is 5.86. The van der Waals surface area contributed by atoms with Crippen LogP contribution < -0.4 is 0 Å². The van der Waals surface area contributed by atoms with Gasteiger partial charge in [0.25, 0.3) is 0 Å². The van der Waals surface area contributed by atoms with Crippen molar-refractivity contribution in [2.75, 3.05) is 0 Å². The van der Waals surface area contributed by atoms with Crippen LogP contribution in [0.2, 0.25) is 0 Å². The number of aliphatic carboxylic acids is 1. The lowest BCUT2D eigenvalue weighted by Crippen LogP contribution is -1.97. The van der Waals surface area contributed by atoms with Crippen LogP contribution in [0.1, 0.15) is 17.1 Å². The fraction of sp³-hybridized carbons (Fsp3) is 0.231. The highest BCUT2D eigenvalue weighted by Gasteiger charge is 2.05. The predicted molar refractivity (Wildman–Crippen MR) is 74.0 cm³/mol. The molecule has 0 aliphatic rings. The van der Waals surface area contributed by atoms with E-state index in [4.69, 9.17) is 5.11 Å². The maximum Gasteiger partial charge on any atom is 0.303 e. The van der Waals surface area contributed by atoms with Crippen molar-refractivity contribution in [2.45, 2.75) is 23.5 Å². The van der Waals surface area contributed by atoms with Crippen LogP contribution in [0.3, 0.4) is 0 Å². The largest absolute Gasteiger partial charge is 0.481 e. The second-order valence-electron chi connectivity index (χ2n) is 3.87. The number of aromatic nitrogens is 1. The summed E-state index contributed by atoms with van der Waals surface area (Å²) in [5.41, 5.74) is 0.821. The van der Waals surface area contributed by atoms with Crippen LogP contribution in [0.15, 0.2) is 34.5 Å². The molecular weight excluding hydrogens is 285 g/mol. The quantitative estimate of drug-likeness (QED) is 0.828. The molecule has 1 heterocycles. The molecule has 100 valence electrons. The molecule has 0 unspecified atom stereocenters. The molecule has 1 aromatic carbocycles. The molecule has 0 aliphatic carbocycles. The van der Waals surface area contributed by atoms with Gasteiger partial charge in [-0.1, -0.05) is 0 Å². The van der Waals surface area contributed by atoms with E-state index in [0.29, 0.717) is 12.2 Å². The van der Waals surface area contributed by atoms with Gasteiger partial charge in [0.2, 0.25) is 0 Å². The van der Waals surface area contributed by atoms with E-state index < -0.39 is 5.97 Å². The minimum Gasteiger partial charge on any atom is -0.481 e. The lowest BCUT2D eigenvalue weighted by atomic mass is 10.2. The summed E-state index contributed by atoms with van der Waals surface area (Å²) < 4.78 is 12.7. The van der Waals surface area contributed by atoms with Gasteiger partial charge in [0.1, 0.15) is 10.8 Å². The number of thiazole rings is 1. The van der Waals surface area contributed by atoms with Gasteiger partial charge in [-0.2, -0.15) is 0 Å². The molecular formula is C13H12FNO2S2. The summed E-state index contributed by atoms with van der Waals surface area (Å²) in [5.74, 6) is -0.339. The monoisotopic (exact) mass is 297 g/mol. The zero-order valence-corrected chi connectivity index (χ0v) is 11.6. The van der Waals surface area contributed by atoms with Gasteiger partial charge in [-0.25, -0.2) is 9.37 Å². The van der Waals surface area contributed by atoms with E-state index in [1.165, 1.54) is 23.5 Å². The number of halogens is 1. The van der Waals surface area contributed by atoms with E-state index >= 15 is 0 Å². The Morgan fingerprint density at radius 3 is 2.79 bits per heavy atom. The van der Waals surface area contributed by atoms with Crippen LogP contribution in [-0.2, 0) is 17.0 Å². The molecule has 0 spiro atoms. The van der Waals surface area contributed by atoms with Crippen LogP contribution in [0, 0.1) is 5.82 Å². The second kappa shape index (κ2) is 6.68. The maximum atomic E-state index is 12.7. The molecule has 0 radical (unpaired) electrons. The summed E-state index contributed by atoms with van der Waals surface area (Å²) in [5, 5.41) is 11.4. The van der Waals surface area contributed by atoms with Crippen molar-refractivity contribution < 1.29 is 14.3 Å². The molecule has 3 nitrogen and oxygen atoms in total. The molecule has 0 saturated heterocycles. The third kappa shape index (κ3) is 4.65. The standard InChI is InChI=1S/C13H12FNO2S2/c14-9-1-4-11(5-2-9)18-8-12-15-10(7-19-12)3-6-13(16)17/h1-2,4-5,7H,3,6,8H2,(H,16,17). The Kier molecular flexibility index (Phi) is 4.93. The molecule has 0 atom stereocenters. The van der Waals surface area contributed by atoms with Gasteiger partial charge in [0.05, 0.1) is 17.9 Å². The number of carbonyl (C=O) groups is 1. The summed E-state index contributed by atoms with van der Waals surface area (Å²) in [6.07, 6.45) is 0.571. The molecule has 2 aromatic rings. The molecule has 0 aliphatic heterocycles. The number of aryl methyl sites for hydroxylation is 1. The van der Waals surface area contributed by atoms with Crippen LogP contribution in [0.5, 0.6) is 0 Å². The van der Waals surface area contributed by atoms with E-state index in [1.54, 1.807) is 23.9 Å². The molecule has 6 heteroatoms. The molecule has 0 saturated carbocycles. The Morgan fingerprint density at radius 2 is 2.11 bits per heavy atom. The van der Waals surface area contributed by atoms with Crippen LogP contribution >= 0.6 is 23.1 Å². The molecule has 19 heavy (non-hydrogen) atoms. The van der Waals surface area contributed by atoms with Crippen molar-refractivity contribution in [3.8, 4) is 0 Å². The van der Waals surface area contributed by atoms with Gasteiger partial charge >= 0.3 is 5.97 Å². The Labute approximate surface area is 118 Å². The third-order valence-electron chi connectivity index (χ3n) is 2.37. The Balaban J connectivity index is 1.86. The zero-order chi connectivity index (χ0) is 13.7. The first-order valence-electron chi connectivity index (χ1n) is 5.67. The van der Waals surface area contributed by atoms with E-state index in [9.17, 15) is 9.18 Å². The SMILES string of the molecule is O=C(O)CCc1csc(CSc2ccc(F)cc2)n1. The van der Waals surface area contributed by atoms with Crippen molar-refractivity contribution >= 4 is 29.1 Å². The van der Waals surface area contributed by atoms with Crippen LogP contribution in [-0.4, -0.2) is 16.1 Å². The fourth-order valence-electron chi connectivity index (χ4n) is 1.44. The number of benzene rings is 1. The first kappa shape index (κ1) is 14.0. The topological polar surface area (TPSA) is 50.2 Å². The summed E-state index contributed by atoms with van der Waals surface area (Å²) in [7, 11) is 0. The number of hydrogen-bond acceptors (Lipinski definition) is 4. The van der Waals surface area contributed by atoms with Crippen molar-refractivity contribution in [1.29, 1.82) is 0 Å². The normalized spacial score (nSPS) is 10.6. The van der Waals surface area contributed by atoms with E-state index in [-0.39, 0.29) is 12.2 Å². The van der Waals surface area contributed by atoms with E-state index in [2.05, 4.69) is 4.98 Å². The Hall–Kier alpha value is -1.40. The minimum atomic E-state index is -0.810. The molecule has 1 N–H and O–H groups in total. The van der Waals surface area contributed by atoms with Crippen molar-refractivity contribution in [3.05, 3.63) is 46.2 Å². The molecule has 2 rings (SSSR count). The summed E-state index contributed by atoms with van der Waals surface area (Å²) in [4.78, 5) is 15.8. The Morgan fingerprint density at radius 1 is 1.37 bits per heavy atom. The molecule has 1 aromatic heterocycles. The van der Waals surface area contributed by atoms with Gasteiger partial charge in [-0.3, -0.25) is 4.79 Å². The first-order valence-corrected chi connectivity index (χ1v) is 7.53. The van der Waals surface area contributed by atoms with Gasteiger partial charge in [-0.05, 0) is 24.3 Å². The van der Waals surface area contributed by atoms with Gasteiger partial charge in [0, 0.05) is 16.7 Å². The zero-order valence-electron chi connectivity index (χ0n) is 10.0. The number of carboxylic acids is 1. The van der Waals surface area contributed by atoms with E-state index in [0.717, 1.165) is 15.6 Å². The summed E-state index contributed by atoms with van der Waals surface area (Å²) in [6.45, 7) is 0. The van der Waals surface area contributed by atoms with Crippen molar-refractivity contribution in [3.63, 3.8) is 0 Å². The number of rotatable bonds is 6. The highest BCUT2D eigenvalue weighted by molar-refractivity contribution is 7.98. The third-order valence-corrected chi connectivity index (χ3v) is 4.47. The number of nitrogens with zero attached hydrogens (tertiary/aromatic N) is 1. The molecule has 0 bridgehead atoms. The van der Waals surface area contributed by atoms with Crippen molar-refractivity contribution in [2.24, 2.45) is 0 Å². The molecule has 0 fully saturated rings. The average Bonchev–Trinajstić information content (AvgIpc) is 2.84. The van der Waals surface area contributed by atoms with Gasteiger partial charge in [0.15, 0.2) is 0 Å². The summed E-state index contributed by atoms with van der Waals surface area (Å²) >= 11 is 3.11. The molecule has 0 amide bonds. The highest BCUT2D eigenvalue weighted by Crippen LogP contribution is 2.24. The number of thioether (sulfide) groups is 1. The van der Waals surface area contributed by atoms with Crippen molar-refractivity contribution in [1.82, 2.24) is 4.98 Å². The van der Waals surface area contributed by atoms with Crippen LogP contribution in [0.4, 0.5) is 4.39 Å². The van der Waals surface area contributed by atoms with Gasteiger partial charge < -0.3 is 5.11 Å². The van der Waals surface area contributed by atoms with E-state index in [1.807, 2.05) is 5.38 Å². The predicted octanol–water partition coefficient (Wildman–Crippen LogP) is 3.59. The van der Waals surface area contributed by atoms with Crippen LogP contribution in [0.25, 0.3) is 0 Å². The Bertz CT molecular complexity index is 554. The fourth-order valence-corrected chi connectivity index (χ4v) is 3.19. The average molecular weight is 297 g/mol.